The van der Waals surface area contributed by atoms with Crippen molar-refractivity contribution < 1.29 is 0 Å². The van der Waals surface area contributed by atoms with Gasteiger partial charge in [0.05, 0.1) is 10.9 Å². The molecule has 4 rings (SSSR count). The monoisotopic (exact) mass is 324 g/mol. The van der Waals surface area contributed by atoms with Crippen LogP contribution in [-0.4, -0.2) is 34.2 Å². The second-order valence-electron chi connectivity index (χ2n) is 5.27. The number of nitrogens with one attached hydrogen (secondary N) is 2. The van der Waals surface area contributed by atoms with Gasteiger partial charge in [-0.25, -0.2) is 14.6 Å². The molecule has 0 aliphatic rings. The zero-order valence-corrected chi connectivity index (χ0v) is 12.8. The first-order valence-corrected chi connectivity index (χ1v) is 7.10. The van der Waals surface area contributed by atoms with Crippen LogP contribution in [0.1, 0.15) is 11.5 Å². The molecule has 10 heteroatoms. The summed E-state index contributed by atoms with van der Waals surface area (Å²) in [7, 11) is 0. The molecular weight excluding hydrogens is 312 g/mol. The fraction of sp³-hybridized carbons (Fsp3) is 0.143. The maximum absolute atomic E-state index is 12.6. The van der Waals surface area contributed by atoms with Crippen molar-refractivity contribution >= 4 is 22.6 Å². The highest BCUT2D eigenvalue weighted by molar-refractivity contribution is 5.78. The number of rotatable bonds is 2. The number of H-pyrrole nitrogens is 1. The Kier molecular flexibility index (Phi) is 2.92. The maximum atomic E-state index is 12.6. The van der Waals surface area contributed by atoms with Gasteiger partial charge >= 0.3 is 0 Å². The van der Waals surface area contributed by atoms with Crippen LogP contribution in [0, 0.1) is 13.8 Å². The topological polar surface area (TPSA) is 123 Å². The molecule has 120 valence electrons. The molecule has 0 aliphatic carbocycles. The quantitative estimate of drug-likeness (QED) is 0.532. The SMILES string of the molecule is Cc1cc(=O)[nH]c(Nn2ccc3c(cnc4nc(C)nn43)c2=O)n1. The number of nitrogens with zero attached hydrogens (tertiary/aromatic N) is 6. The molecule has 0 saturated carbocycles. The molecule has 4 heterocycles. The highest BCUT2D eigenvalue weighted by atomic mass is 16.1. The van der Waals surface area contributed by atoms with Gasteiger partial charge in [0.15, 0.2) is 0 Å². The number of hydrogen-bond acceptors (Lipinski definition) is 7. The molecule has 0 bridgehead atoms. The predicted octanol–water partition coefficient (Wildman–Crippen LogP) is 0.0145. The fourth-order valence-corrected chi connectivity index (χ4v) is 2.45. The number of aromatic nitrogens is 7. The van der Waals surface area contributed by atoms with E-state index in [-0.39, 0.29) is 17.1 Å². The van der Waals surface area contributed by atoms with Crippen molar-refractivity contribution in [3.8, 4) is 0 Å². The Bertz CT molecular complexity index is 1200. The molecule has 0 saturated heterocycles. The third kappa shape index (κ3) is 2.20. The van der Waals surface area contributed by atoms with Gasteiger partial charge < -0.3 is 0 Å². The van der Waals surface area contributed by atoms with E-state index in [4.69, 9.17) is 0 Å². The summed E-state index contributed by atoms with van der Waals surface area (Å²) in [4.78, 5) is 39.1. The number of fused-ring (bicyclic) bond motifs is 3. The molecule has 0 fully saturated rings. The van der Waals surface area contributed by atoms with Crippen molar-refractivity contribution in [2.24, 2.45) is 0 Å². The van der Waals surface area contributed by atoms with Crippen molar-refractivity contribution in [3.63, 3.8) is 0 Å². The van der Waals surface area contributed by atoms with Crippen LogP contribution in [-0.2, 0) is 0 Å². The van der Waals surface area contributed by atoms with Crippen LogP contribution < -0.4 is 16.5 Å². The lowest BCUT2D eigenvalue weighted by atomic mass is 10.3. The summed E-state index contributed by atoms with van der Waals surface area (Å²) in [6.07, 6.45) is 2.98. The molecule has 0 amide bonds. The minimum atomic E-state index is -0.348. The van der Waals surface area contributed by atoms with Gasteiger partial charge in [-0.15, -0.1) is 5.10 Å². The van der Waals surface area contributed by atoms with Gasteiger partial charge in [-0.1, -0.05) is 0 Å². The lowest BCUT2D eigenvalue weighted by Gasteiger charge is -2.09. The Labute approximate surface area is 133 Å². The third-order valence-corrected chi connectivity index (χ3v) is 3.44. The van der Waals surface area contributed by atoms with Crippen LogP contribution in [0.25, 0.3) is 16.7 Å². The lowest BCUT2D eigenvalue weighted by Crippen LogP contribution is -2.28. The molecule has 4 aromatic rings. The normalized spacial score (nSPS) is 11.2. The summed E-state index contributed by atoms with van der Waals surface area (Å²) >= 11 is 0. The van der Waals surface area contributed by atoms with Gasteiger partial charge in [-0.05, 0) is 19.9 Å². The summed E-state index contributed by atoms with van der Waals surface area (Å²) in [5, 5.41) is 4.59. The molecule has 0 atom stereocenters. The molecule has 24 heavy (non-hydrogen) atoms. The van der Waals surface area contributed by atoms with Crippen LogP contribution in [0.3, 0.4) is 0 Å². The minimum absolute atomic E-state index is 0.173. The summed E-state index contributed by atoms with van der Waals surface area (Å²) in [5.74, 6) is 1.17. The predicted molar refractivity (Wildman–Crippen MR) is 85.9 cm³/mol. The first-order chi connectivity index (χ1) is 11.5. The molecular formula is C14H12N8O2. The van der Waals surface area contributed by atoms with E-state index in [2.05, 4.69) is 30.5 Å². The molecule has 0 aromatic carbocycles. The summed E-state index contributed by atoms with van der Waals surface area (Å²) in [5.41, 5.74) is 3.24. The van der Waals surface area contributed by atoms with E-state index in [0.29, 0.717) is 28.2 Å². The zero-order valence-electron chi connectivity index (χ0n) is 12.8. The molecule has 0 spiro atoms. The number of anilines is 1. The highest BCUT2D eigenvalue weighted by Crippen LogP contribution is 2.10. The summed E-state index contributed by atoms with van der Waals surface area (Å²) in [6.45, 7) is 3.44. The maximum Gasteiger partial charge on any atom is 0.280 e. The number of aromatic amines is 1. The smallest absolute Gasteiger partial charge is 0.280 e. The fourth-order valence-electron chi connectivity index (χ4n) is 2.45. The minimum Gasteiger partial charge on any atom is -0.291 e. The summed E-state index contributed by atoms with van der Waals surface area (Å²) in [6, 6.07) is 3.07. The van der Waals surface area contributed by atoms with Gasteiger partial charge in [-0.3, -0.25) is 20.0 Å². The van der Waals surface area contributed by atoms with Crippen LogP contribution in [0.15, 0.2) is 34.1 Å². The molecule has 4 aromatic heterocycles. The zero-order chi connectivity index (χ0) is 16.8. The van der Waals surface area contributed by atoms with Crippen molar-refractivity contribution in [2.75, 3.05) is 5.43 Å². The molecule has 0 radical (unpaired) electrons. The van der Waals surface area contributed by atoms with E-state index in [0.717, 1.165) is 0 Å². The van der Waals surface area contributed by atoms with E-state index in [9.17, 15) is 9.59 Å². The Balaban J connectivity index is 1.88. The van der Waals surface area contributed by atoms with Crippen molar-refractivity contribution in [1.82, 2.24) is 34.2 Å². The third-order valence-electron chi connectivity index (χ3n) is 3.44. The highest BCUT2D eigenvalue weighted by Gasteiger charge is 2.10. The number of hydrogen-bond donors (Lipinski definition) is 2. The van der Waals surface area contributed by atoms with Gasteiger partial charge in [0.25, 0.3) is 16.9 Å². The Morgan fingerprint density at radius 3 is 2.83 bits per heavy atom. The molecule has 0 aliphatic heterocycles. The van der Waals surface area contributed by atoms with Gasteiger partial charge in [0, 0.05) is 24.2 Å². The molecule has 2 N–H and O–H groups in total. The van der Waals surface area contributed by atoms with E-state index in [1.54, 1.807) is 19.9 Å². The van der Waals surface area contributed by atoms with E-state index < -0.39 is 0 Å². The van der Waals surface area contributed by atoms with Crippen LogP contribution in [0.5, 0.6) is 0 Å². The first kappa shape index (κ1) is 14.1. The summed E-state index contributed by atoms with van der Waals surface area (Å²) < 4.78 is 2.74. The second-order valence-corrected chi connectivity index (χ2v) is 5.27. The molecule has 10 nitrogen and oxygen atoms in total. The first-order valence-electron chi connectivity index (χ1n) is 7.10. The molecule has 0 unspecified atom stereocenters. The standard InChI is InChI=1S/C14H12N8O2/c1-7-5-11(23)18-13(16-7)20-21-4-3-10-9(12(21)24)6-15-14-17-8(2)19-22(10)14/h3-6H,1-2H3,(H2,16,18,20,23). The number of aryl methyl sites for hydroxylation is 2. The van der Waals surface area contributed by atoms with Gasteiger partial charge in [-0.2, -0.15) is 9.50 Å². The average molecular weight is 324 g/mol. The Morgan fingerprint density at radius 1 is 1.21 bits per heavy atom. The van der Waals surface area contributed by atoms with Gasteiger partial charge in [0.2, 0.25) is 5.95 Å². The van der Waals surface area contributed by atoms with E-state index in [1.807, 2.05) is 0 Å². The van der Waals surface area contributed by atoms with E-state index >= 15 is 0 Å². The van der Waals surface area contributed by atoms with Gasteiger partial charge in [0.1, 0.15) is 5.82 Å². The van der Waals surface area contributed by atoms with Crippen molar-refractivity contribution in [3.05, 3.63) is 56.8 Å². The van der Waals surface area contributed by atoms with Crippen LogP contribution >= 0.6 is 0 Å². The van der Waals surface area contributed by atoms with Crippen molar-refractivity contribution in [1.29, 1.82) is 0 Å². The van der Waals surface area contributed by atoms with Crippen LogP contribution in [0.2, 0.25) is 0 Å². The lowest BCUT2D eigenvalue weighted by molar-refractivity contribution is 0.865. The number of pyridine rings is 1. The van der Waals surface area contributed by atoms with Crippen molar-refractivity contribution in [2.45, 2.75) is 13.8 Å². The van der Waals surface area contributed by atoms with Crippen LogP contribution in [0.4, 0.5) is 5.95 Å². The largest absolute Gasteiger partial charge is 0.291 e. The average Bonchev–Trinajstić information content (AvgIpc) is 2.89. The Morgan fingerprint density at radius 2 is 2.04 bits per heavy atom. The Hall–Kier alpha value is -3.56. The van der Waals surface area contributed by atoms with E-state index in [1.165, 1.54) is 27.7 Å². The second kappa shape index (κ2) is 4.98.